The SMILES string of the molecule is CCOC(=O)/C=C(/C#N)c1ccc(N)c([N+](=O)[O-])c1. The lowest BCUT2D eigenvalue weighted by molar-refractivity contribution is -0.383. The lowest BCUT2D eigenvalue weighted by atomic mass is 10.1. The molecule has 0 fully saturated rings. The molecule has 0 radical (unpaired) electrons. The average molecular weight is 261 g/mol. The quantitative estimate of drug-likeness (QED) is 0.220. The van der Waals surface area contributed by atoms with Gasteiger partial charge in [0.1, 0.15) is 11.8 Å². The van der Waals surface area contributed by atoms with E-state index in [1.54, 1.807) is 13.0 Å². The van der Waals surface area contributed by atoms with Crippen molar-refractivity contribution in [2.75, 3.05) is 12.3 Å². The molecule has 0 saturated carbocycles. The standard InChI is InChI=1S/C12H11N3O4/c1-2-19-12(16)6-9(7-13)8-3-4-10(14)11(5-8)15(17)18/h3-6H,2,14H2,1H3/b9-6-. The Hall–Kier alpha value is -2.88. The number of allylic oxidation sites excluding steroid dienone is 1. The highest BCUT2D eigenvalue weighted by Crippen LogP contribution is 2.26. The number of nitrogen functional groups attached to an aromatic ring is 1. The number of rotatable bonds is 4. The molecule has 19 heavy (non-hydrogen) atoms. The van der Waals surface area contributed by atoms with E-state index >= 15 is 0 Å². The van der Waals surface area contributed by atoms with Crippen molar-refractivity contribution in [1.29, 1.82) is 5.26 Å². The summed E-state index contributed by atoms with van der Waals surface area (Å²) in [6.07, 6.45) is 0.985. The number of nitro groups is 1. The molecule has 7 nitrogen and oxygen atoms in total. The molecule has 0 amide bonds. The topological polar surface area (TPSA) is 119 Å². The van der Waals surface area contributed by atoms with E-state index in [-0.39, 0.29) is 29.1 Å². The summed E-state index contributed by atoms with van der Waals surface area (Å²) in [5, 5.41) is 19.7. The molecule has 2 N–H and O–H groups in total. The monoisotopic (exact) mass is 261 g/mol. The van der Waals surface area contributed by atoms with Crippen molar-refractivity contribution in [3.05, 3.63) is 40.0 Å². The van der Waals surface area contributed by atoms with Gasteiger partial charge in [-0.3, -0.25) is 10.1 Å². The maximum atomic E-state index is 11.3. The highest BCUT2D eigenvalue weighted by atomic mass is 16.6. The maximum Gasteiger partial charge on any atom is 0.332 e. The van der Waals surface area contributed by atoms with Gasteiger partial charge in [0.2, 0.25) is 0 Å². The molecule has 0 heterocycles. The van der Waals surface area contributed by atoms with Gasteiger partial charge in [-0.05, 0) is 18.6 Å². The number of hydrogen-bond acceptors (Lipinski definition) is 6. The summed E-state index contributed by atoms with van der Waals surface area (Å²) in [5.41, 5.74) is 5.32. The van der Waals surface area contributed by atoms with Gasteiger partial charge in [0.25, 0.3) is 5.69 Å². The number of nitro benzene ring substituents is 1. The number of carbonyl (C=O) groups is 1. The van der Waals surface area contributed by atoms with Crippen LogP contribution in [-0.2, 0) is 9.53 Å². The fourth-order valence-corrected chi connectivity index (χ4v) is 1.35. The first-order valence-corrected chi connectivity index (χ1v) is 5.32. The van der Waals surface area contributed by atoms with Crippen LogP contribution in [0.25, 0.3) is 5.57 Å². The first-order valence-electron chi connectivity index (χ1n) is 5.32. The third-order valence-corrected chi connectivity index (χ3v) is 2.21. The molecule has 0 atom stereocenters. The summed E-state index contributed by atoms with van der Waals surface area (Å²) in [6, 6.07) is 5.67. The van der Waals surface area contributed by atoms with Gasteiger partial charge in [0, 0.05) is 12.1 Å². The minimum atomic E-state index is -0.682. The van der Waals surface area contributed by atoms with Crippen molar-refractivity contribution in [3.8, 4) is 6.07 Å². The second kappa shape index (κ2) is 6.16. The number of esters is 1. The van der Waals surface area contributed by atoms with Crippen LogP contribution in [0.2, 0.25) is 0 Å². The van der Waals surface area contributed by atoms with Crippen LogP contribution in [0, 0.1) is 21.4 Å². The summed E-state index contributed by atoms with van der Waals surface area (Å²) in [5.74, 6) is -0.682. The van der Waals surface area contributed by atoms with E-state index in [2.05, 4.69) is 4.74 Å². The molecular formula is C12H11N3O4. The van der Waals surface area contributed by atoms with Gasteiger partial charge in [-0.1, -0.05) is 6.07 Å². The number of nitrogens with zero attached hydrogens (tertiary/aromatic N) is 2. The van der Waals surface area contributed by atoms with Crippen LogP contribution in [0.4, 0.5) is 11.4 Å². The van der Waals surface area contributed by atoms with Crippen LogP contribution in [0.15, 0.2) is 24.3 Å². The van der Waals surface area contributed by atoms with Gasteiger partial charge >= 0.3 is 5.97 Å². The van der Waals surface area contributed by atoms with Crippen LogP contribution in [-0.4, -0.2) is 17.5 Å². The van der Waals surface area contributed by atoms with Gasteiger partial charge in [-0.25, -0.2) is 4.79 Å². The second-order valence-corrected chi connectivity index (χ2v) is 3.45. The Morgan fingerprint density at radius 3 is 2.84 bits per heavy atom. The summed E-state index contributed by atoms with van der Waals surface area (Å²) in [6.45, 7) is 1.81. The Bertz CT molecular complexity index is 587. The zero-order valence-corrected chi connectivity index (χ0v) is 10.1. The molecule has 1 rings (SSSR count). The van der Waals surface area contributed by atoms with Crippen molar-refractivity contribution in [1.82, 2.24) is 0 Å². The van der Waals surface area contributed by atoms with E-state index in [1.165, 1.54) is 12.1 Å². The second-order valence-electron chi connectivity index (χ2n) is 3.45. The summed E-state index contributed by atoms with van der Waals surface area (Å²) < 4.78 is 4.67. The van der Waals surface area contributed by atoms with Gasteiger partial charge in [0.15, 0.2) is 0 Å². The molecule has 7 heteroatoms. The van der Waals surface area contributed by atoms with Crippen molar-refractivity contribution in [2.45, 2.75) is 6.92 Å². The maximum absolute atomic E-state index is 11.3. The average Bonchev–Trinajstić information content (AvgIpc) is 2.36. The Morgan fingerprint density at radius 2 is 2.32 bits per heavy atom. The number of carbonyl (C=O) groups excluding carboxylic acids is 1. The highest BCUT2D eigenvalue weighted by Gasteiger charge is 2.14. The fraction of sp³-hybridized carbons (Fsp3) is 0.167. The molecule has 0 aliphatic carbocycles. The van der Waals surface area contributed by atoms with E-state index in [4.69, 9.17) is 11.0 Å². The van der Waals surface area contributed by atoms with E-state index in [9.17, 15) is 14.9 Å². The number of hydrogen-bond donors (Lipinski definition) is 1. The van der Waals surface area contributed by atoms with Crippen molar-refractivity contribution in [3.63, 3.8) is 0 Å². The first kappa shape index (κ1) is 14.2. The zero-order chi connectivity index (χ0) is 14.4. The minimum absolute atomic E-state index is 0.0119. The number of nitrogens with two attached hydrogens (primary N) is 1. The van der Waals surface area contributed by atoms with E-state index < -0.39 is 10.9 Å². The van der Waals surface area contributed by atoms with E-state index in [1.807, 2.05) is 0 Å². The molecule has 0 spiro atoms. The molecule has 0 unspecified atom stereocenters. The molecule has 0 aliphatic rings. The number of nitriles is 1. The van der Waals surface area contributed by atoms with Gasteiger partial charge < -0.3 is 10.5 Å². The molecular weight excluding hydrogens is 250 g/mol. The third-order valence-electron chi connectivity index (χ3n) is 2.21. The number of benzene rings is 1. The Morgan fingerprint density at radius 1 is 1.63 bits per heavy atom. The summed E-state index contributed by atoms with van der Waals surface area (Å²) >= 11 is 0. The Kier molecular flexibility index (Phi) is 4.60. The summed E-state index contributed by atoms with van der Waals surface area (Å²) in [4.78, 5) is 21.3. The van der Waals surface area contributed by atoms with Crippen LogP contribution < -0.4 is 5.73 Å². The van der Waals surface area contributed by atoms with Gasteiger partial charge in [-0.15, -0.1) is 0 Å². The number of anilines is 1. The number of ether oxygens (including phenoxy) is 1. The molecule has 98 valence electrons. The Labute approximate surface area is 109 Å². The third kappa shape index (κ3) is 3.54. The zero-order valence-electron chi connectivity index (χ0n) is 10.1. The molecule has 0 aromatic heterocycles. The van der Waals surface area contributed by atoms with Crippen molar-refractivity contribution in [2.24, 2.45) is 0 Å². The predicted octanol–water partition coefficient (Wildman–Crippen LogP) is 1.65. The molecule has 0 saturated heterocycles. The van der Waals surface area contributed by atoms with Crippen LogP contribution in [0.1, 0.15) is 12.5 Å². The minimum Gasteiger partial charge on any atom is -0.463 e. The molecule has 1 aromatic rings. The van der Waals surface area contributed by atoms with Crippen LogP contribution >= 0.6 is 0 Å². The van der Waals surface area contributed by atoms with Crippen LogP contribution in [0.3, 0.4) is 0 Å². The summed E-state index contributed by atoms with van der Waals surface area (Å²) in [7, 11) is 0. The van der Waals surface area contributed by atoms with E-state index in [0.717, 1.165) is 12.1 Å². The molecule has 0 aliphatic heterocycles. The van der Waals surface area contributed by atoms with Gasteiger partial charge in [-0.2, -0.15) is 5.26 Å². The first-order chi connectivity index (χ1) is 8.99. The predicted molar refractivity (Wildman–Crippen MR) is 67.7 cm³/mol. The largest absolute Gasteiger partial charge is 0.463 e. The van der Waals surface area contributed by atoms with Crippen LogP contribution in [0.5, 0.6) is 0 Å². The van der Waals surface area contributed by atoms with Crippen molar-refractivity contribution < 1.29 is 14.5 Å². The van der Waals surface area contributed by atoms with Gasteiger partial charge in [0.05, 0.1) is 17.1 Å². The highest BCUT2D eigenvalue weighted by molar-refractivity contribution is 5.95. The van der Waals surface area contributed by atoms with E-state index in [0.29, 0.717) is 0 Å². The molecule has 1 aromatic carbocycles. The Balaban J connectivity index is 3.21. The fourth-order valence-electron chi connectivity index (χ4n) is 1.35. The molecule has 0 bridgehead atoms. The lowest BCUT2D eigenvalue weighted by Crippen LogP contribution is -2.01. The lowest BCUT2D eigenvalue weighted by Gasteiger charge is -2.02. The normalized spacial score (nSPS) is 10.6. The van der Waals surface area contributed by atoms with Crippen molar-refractivity contribution >= 4 is 22.9 Å². The smallest absolute Gasteiger partial charge is 0.332 e.